The average molecular weight is 410 g/mol. The number of pyridine rings is 1. The van der Waals surface area contributed by atoms with Crippen molar-refractivity contribution >= 4 is 17.4 Å². The lowest BCUT2D eigenvalue weighted by Gasteiger charge is -2.25. The van der Waals surface area contributed by atoms with Gasteiger partial charge in [0.05, 0.1) is 18.2 Å². The lowest BCUT2D eigenvalue weighted by Crippen LogP contribution is -2.31. The number of rotatable bonds is 9. The number of ether oxygens (including phenoxy) is 2. The van der Waals surface area contributed by atoms with Crippen molar-refractivity contribution in [2.45, 2.75) is 25.8 Å². The van der Waals surface area contributed by atoms with Crippen LogP contribution in [-0.4, -0.2) is 53.5 Å². The van der Waals surface area contributed by atoms with E-state index in [1.165, 1.54) is 4.90 Å². The molecule has 158 valence electrons. The van der Waals surface area contributed by atoms with E-state index < -0.39 is 17.7 Å². The molecule has 0 saturated carbocycles. The quantitative estimate of drug-likeness (QED) is 0.295. The number of amides is 1. The third-order valence-electron chi connectivity index (χ3n) is 4.87. The van der Waals surface area contributed by atoms with Gasteiger partial charge in [0.25, 0.3) is 11.7 Å². The van der Waals surface area contributed by atoms with E-state index in [0.717, 1.165) is 6.42 Å². The zero-order chi connectivity index (χ0) is 21.5. The normalized spacial score (nSPS) is 18.1. The second-order valence-electron chi connectivity index (χ2n) is 7.00. The summed E-state index contributed by atoms with van der Waals surface area (Å²) in [5.41, 5.74) is 1.14. The first-order valence-corrected chi connectivity index (χ1v) is 9.99. The van der Waals surface area contributed by atoms with E-state index in [4.69, 9.17) is 9.47 Å². The Labute approximate surface area is 175 Å². The molecule has 2 aromatic rings. The molecule has 1 saturated heterocycles. The number of methoxy groups -OCH3 is 1. The Kier molecular flexibility index (Phi) is 7.19. The summed E-state index contributed by atoms with van der Waals surface area (Å²) in [6.07, 6.45) is 4.65. The van der Waals surface area contributed by atoms with Gasteiger partial charge < -0.3 is 19.5 Å². The number of aliphatic hydroxyl groups excluding tert-OH is 1. The number of carbonyl (C=O) groups excluding carboxylic acids is 2. The lowest BCUT2D eigenvalue weighted by atomic mass is 9.96. The Balaban J connectivity index is 2.05. The van der Waals surface area contributed by atoms with Crippen LogP contribution in [0.15, 0.2) is 54.4 Å². The first-order valence-electron chi connectivity index (χ1n) is 9.99. The first-order chi connectivity index (χ1) is 14.6. The third kappa shape index (κ3) is 4.52. The topological polar surface area (TPSA) is 89.0 Å². The predicted octanol–water partition coefficient (Wildman–Crippen LogP) is 3.33. The average Bonchev–Trinajstić information content (AvgIpc) is 3.03. The summed E-state index contributed by atoms with van der Waals surface area (Å²) in [5.74, 6) is -0.981. The highest BCUT2D eigenvalue weighted by Gasteiger charge is 2.45. The molecule has 1 atom stereocenters. The summed E-state index contributed by atoms with van der Waals surface area (Å²) in [6.45, 7) is 3.33. The Morgan fingerprint density at radius 1 is 1.20 bits per heavy atom. The van der Waals surface area contributed by atoms with Gasteiger partial charge in [-0.15, -0.1) is 0 Å². The van der Waals surface area contributed by atoms with Crippen molar-refractivity contribution in [1.82, 2.24) is 9.88 Å². The zero-order valence-corrected chi connectivity index (χ0v) is 17.2. The fourth-order valence-corrected chi connectivity index (χ4v) is 3.48. The number of ketones is 1. The summed E-state index contributed by atoms with van der Waals surface area (Å²) in [6, 6.07) is 9.71. The number of nitrogens with zero attached hydrogens (tertiary/aromatic N) is 2. The second kappa shape index (κ2) is 10.0. The van der Waals surface area contributed by atoms with Crippen molar-refractivity contribution in [2.24, 2.45) is 0 Å². The maximum absolute atomic E-state index is 12.9. The van der Waals surface area contributed by atoms with Gasteiger partial charge in [0, 0.05) is 38.2 Å². The Hall–Kier alpha value is -3.19. The minimum absolute atomic E-state index is 0.0538. The molecule has 1 aromatic heterocycles. The molecule has 3 rings (SSSR count). The maximum Gasteiger partial charge on any atom is 0.295 e. The number of aromatic nitrogens is 1. The summed E-state index contributed by atoms with van der Waals surface area (Å²) >= 11 is 0. The van der Waals surface area contributed by atoms with Crippen molar-refractivity contribution in [3.05, 3.63) is 65.5 Å². The molecule has 2 heterocycles. The van der Waals surface area contributed by atoms with Crippen LogP contribution in [0, 0.1) is 0 Å². The van der Waals surface area contributed by atoms with E-state index >= 15 is 0 Å². The highest BCUT2D eigenvalue weighted by atomic mass is 16.5. The molecule has 1 aliphatic rings. The minimum atomic E-state index is -0.712. The van der Waals surface area contributed by atoms with Crippen LogP contribution in [0.5, 0.6) is 5.75 Å². The minimum Gasteiger partial charge on any atom is -0.507 e. The van der Waals surface area contributed by atoms with E-state index in [1.54, 1.807) is 55.9 Å². The highest BCUT2D eigenvalue weighted by Crippen LogP contribution is 2.39. The van der Waals surface area contributed by atoms with Crippen LogP contribution < -0.4 is 4.74 Å². The standard InChI is InChI=1S/C23H26N2O5/c1-3-12-30-18-9-4-7-16(14-18)21(26)19-20(17-8-5-10-24-15-17)25(11-6-13-29-2)23(28)22(19)27/h4-5,7-10,14-15,20,26H,3,6,11-13H2,1-2H3/b21-19-. The lowest BCUT2D eigenvalue weighted by molar-refractivity contribution is -0.140. The summed E-state index contributed by atoms with van der Waals surface area (Å²) in [4.78, 5) is 31.3. The summed E-state index contributed by atoms with van der Waals surface area (Å²) in [5, 5.41) is 11.1. The summed E-state index contributed by atoms with van der Waals surface area (Å²) < 4.78 is 10.7. The molecule has 0 radical (unpaired) electrons. The fourth-order valence-electron chi connectivity index (χ4n) is 3.48. The molecule has 1 aliphatic heterocycles. The molecular formula is C23H26N2O5. The molecule has 1 N–H and O–H groups in total. The molecule has 0 spiro atoms. The van der Waals surface area contributed by atoms with Gasteiger partial charge in [0.2, 0.25) is 0 Å². The SMILES string of the molecule is CCCOc1cccc(/C(O)=C2/C(=O)C(=O)N(CCCOC)C2c2cccnc2)c1. The van der Waals surface area contributed by atoms with Gasteiger partial charge in [0.1, 0.15) is 11.5 Å². The van der Waals surface area contributed by atoms with Crippen molar-refractivity contribution in [2.75, 3.05) is 26.9 Å². The molecule has 1 aromatic carbocycles. The number of hydrogen-bond donors (Lipinski definition) is 1. The van der Waals surface area contributed by atoms with Crippen LogP contribution in [-0.2, 0) is 14.3 Å². The molecule has 7 nitrogen and oxygen atoms in total. The zero-order valence-electron chi connectivity index (χ0n) is 17.2. The molecule has 7 heteroatoms. The van der Waals surface area contributed by atoms with Crippen molar-refractivity contribution < 1.29 is 24.2 Å². The molecule has 0 bridgehead atoms. The van der Waals surface area contributed by atoms with Crippen LogP contribution in [0.1, 0.15) is 36.9 Å². The van der Waals surface area contributed by atoms with Gasteiger partial charge in [-0.3, -0.25) is 14.6 Å². The van der Waals surface area contributed by atoms with Crippen LogP contribution in [0.25, 0.3) is 5.76 Å². The van der Waals surface area contributed by atoms with Gasteiger partial charge in [0.15, 0.2) is 0 Å². The van der Waals surface area contributed by atoms with Crippen molar-refractivity contribution in [3.8, 4) is 5.75 Å². The summed E-state index contributed by atoms with van der Waals surface area (Å²) in [7, 11) is 1.58. The molecule has 1 unspecified atom stereocenters. The maximum atomic E-state index is 12.9. The van der Waals surface area contributed by atoms with Crippen molar-refractivity contribution in [1.29, 1.82) is 0 Å². The van der Waals surface area contributed by atoms with E-state index in [9.17, 15) is 14.7 Å². The molecule has 1 fully saturated rings. The fraction of sp³-hybridized carbons (Fsp3) is 0.348. The Morgan fingerprint density at radius 3 is 2.73 bits per heavy atom. The van der Waals surface area contributed by atoms with Gasteiger partial charge in [-0.25, -0.2) is 0 Å². The van der Waals surface area contributed by atoms with E-state index in [2.05, 4.69) is 4.98 Å². The molecule has 0 aliphatic carbocycles. The van der Waals surface area contributed by atoms with Gasteiger partial charge in [-0.2, -0.15) is 0 Å². The molecular weight excluding hydrogens is 384 g/mol. The van der Waals surface area contributed by atoms with E-state index in [1.807, 2.05) is 6.92 Å². The Morgan fingerprint density at radius 2 is 2.03 bits per heavy atom. The number of benzene rings is 1. The second-order valence-corrected chi connectivity index (χ2v) is 7.00. The van der Waals surface area contributed by atoms with E-state index in [-0.39, 0.29) is 11.3 Å². The number of aliphatic hydroxyl groups is 1. The highest BCUT2D eigenvalue weighted by molar-refractivity contribution is 6.46. The first kappa shape index (κ1) is 21.5. The Bertz CT molecular complexity index is 926. The molecule has 1 amide bonds. The van der Waals surface area contributed by atoms with Gasteiger partial charge in [-0.1, -0.05) is 25.1 Å². The number of carbonyl (C=O) groups is 2. The number of likely N-dealkylation sites (tertiary alicyclic amines) is 1. The number of Topliss-reactive ketones (excluding diaryl/α,β-unsaturated/α-hetero) is 1. The third-order valence-corrected chi connectivity index (χ3v) is 4.87. The van der Waals surface area contributed by atoms with Crippen molar-refractivity contribution in [3.63, 3.8) is 0 Å². The van der Waals surface area contributed by atoms with Gasteiger partial charge in [-0.05, 0) is 36.6 Å². The molecule has 30 heavy (non-hydrogen) atoms. The number of hydrogen-bond acceptors (Lipinski definition) is 6. The van der Waals surface area contributed by atoms with E-state index in [0.29, 0.717) is 43.1 Å². The smallest absolute Gasteiger partial charge is 0.295 e. The van der Waals surface area contributed by atoms with Crippen LogP contribution in [0.3, 0.4) is 0 Å². The van der Waals surface area contributed by atoms with Crippen LogP contribution >= 0.6 is 0 Å². The van der Waals surface area contributed by atoms with Crippen LogP contribution in [0.4, 0.5) is 0 Å². The largest absolute Gasteiger partial charge is 0.507 e. The monoisotopic (exact) mass is 410 g/mol. The van der Waals surface area contributed by atoms with Crippen LogP contribution in [0.2, 0.25) is 0 Å². The van der Waals surface area contributed by atoms with Gasteiger partial charge >= 0.3 is 0 Å². The predicted molar refractivity (Wildman–Crippen MR) is 112 cm³/mol.